The second-order valence-electron chi connectivity index (χ2n) is 7.62. The zero-order chi connectivity index (χ0) is 20.1. The fraction of sp³-hybridized carbons (Fsp3) is 0.435. The third kappa shape index (κ3) is 5.06. The van der Waals surface area contributed by atoms with E-state index >= 15 is 0 Å². The van der Waals surface area contributed by atoms with Crippen LogP contribution in [-0.4, -0.2) is 56.0 Å². The van der Waals surface area contributed by atoms with Gasteiger partial charge in [0.2, 0.25) is 0 Å². The first-order valence-electron chi connectivity index (χ1n) is 10.3. The SMILES string of the molecule is COc1cccc(C(=O)N2CCC(CNCC3CSc4ccccc4O3)CC2)c1. The maximum absolute atomic E-state index is 12.7. The minimum absolute atomic E-state index is 0.0987. The summed E-state index contributed by atoms with van der Waals surface area (Å²) < 4.78 is 11.3. The molecule has 29 heavy (non-hydrogen) atoms. The molecule has 5 nitrogen and oxygen atoms in total. The van der Waals surface area contributed by atoms with Crippen LogP contribution in [-0.2, 0) is 0 Å². The number of likely N-dealkylation sites (tertiary alicyclic amines) is 1. The van der Waals surface area contributed by atoms with Gasteiger partial charge in [0.25, 0.3) is 5.91 Å². The fourth-order valence-electron chi connectivity index (χ4n) is 3.89. The number of para-hydroxylation sites is 1. The molecule has 6 heteroatoms. The van der Waals surface area contributed by atoms with Crippen molar-refractivity contribution in [1.29, 1.82) is 0 Å². The largest absolute Gasteiger partial charge is 0.497 e. The van der Waals surface area contributed by atoms with E-state index in [1.165, 1.54) is 4.90 Å². The van der Waals surface area contributed by atoms with E-state index in [2.05, 4.69) is 17.4 Å². The van der Waals surface area contributed by atoms with E-state index in [1.54, 1.807) is 7.11 Å². The van der Waals surface area contributed by atoms with Crippen LogP contribution in [0.3, 0.4) is 0 Å². The van der Waals surface area contributed by atoms with Crippen LogP contribution in [0, 0.1) is 5.92 Å². The number of carbonyl (C=O) groups excluding carboxylic acids is 1. The van der Waals surface area contributed by atoms with Crippen LogP contribution in [0.15, 0.2) is 53.4 Å². The lowest BCUT2D eigenvalue weighted by Gasteiger charge is -2.33. The Labute approximate surface area is 176 Å². The number of nitrogens with zero attached hydrogens (tertiary/aromatic N) is 1. The predicted octanol–water partition coefficient (Wildman–Crippen LogP) is 3.69. The number of ether oxygens (including phenoxy) is 2. The molecule has 2 aromatic carbocycles. The highest BCUT2D eigenvalue weighted by atomic mass is 32.2. The molecular formula is C23H28N2O3S. The molecule has 0 aliphatic carbocycles. The maximum atomic E-state index is 12.7. The molecule has 4 rings (SSSR count). The molecule has 2 aliphatic heterocycles. The summed E-state index contributed by atoms with van der Waals surface area (Å²) >= 11 is 1.87. The first-order chi connectivity index (χ1) is 14.2. The number of fused-ring (bicyclic) bond motifs is 1. The van der Waals surface area contributed by atoms with Crippen molar-refractivity contribution in [2.45, 2.75) is 23.8 Å². The minimum atomic E-state index is 0.0987. The van der Waals surface area contributed by atoms with Crippen LogP contribution in [0.1, 0.15) is 23.2 Å². The summed E-state index contributed by atoms with van der Waals surface area (Å²) in [5.74, 6) is 3.41. The van der Waals surface area contributed by atoms with Gasteiger partial charge in [-0.05, 0) is 55.6 Å². The number of piperidine rings is 1. The maximum Gasteiger partial charge on any atom is 0.253 e. The van der Waals surface area contributed by atoms with Crippen molar-refractivity contribution in [3.05, 3.63) is 54.1 Å². The van der Waals surface area contributed by atoms with Crippen LogP contribution in [0.4, 0.5) is 0 Å². The van der Waals surface area contributed by atoms with E-state index < -0.39 is 0 Å². The molecule has 0 aromatic heterocycles. The molecule has 0 saturated carbocycles. The Hall–Kier alpha value is -2.18. The molecule has 2 aliphatic rings. The Morgan fingerprint density at radius 1 is 1.17 bits per heavy atom. The third-order valence-corrected chi connectivity index (χ3v) is 6.78. The second kappa shape index (κ2) is 9.55. The number of rotatable bonds is 6. The lowest BCUT2D eigenvalue weighted by Crippen LogP contribution is -2.42. The third-order valence-electron chi connectivity index (χ3n) is 5.59. The Morgan fingerprint density at radius 3 is 2.83 bits per heavy atom. The number of amides is 1. The summed E-state index contributed by atoms with van der Waals surface area (Å²) in [7, 11) is 1.62. The van der Waals surface area contributed by atoms with Gasteiger partial charge in [-0.2, -0.15) is 0 Å². The summed E-state index contributed by atoms with van der Waals surface area (Å²) in [6, 6.07) is 15.6. The van der Waals surface area contributed by atoms with E-state index in [1.807, 2.05) is 53.1 Å². The van der Waals surface area contributed by atoms with Crippen molar-refractivity contribution in [1.82, 2.24) is 10.2 Å². The normalized spacial score (nSPS) is 19.3. The minimum Gasteiger partial charge on any atom is -0.497 e. The highest BCUT2D eigenvalue weighted by Crippen LogP contribution is 2.34. The fourth-order valence-corrected chi connectivity index (χ4v) is 4.88. The number of carbonyl (C=O) groups is 1. The summed E-state index contributed by atoms with van der Waals surface area (Å²) in [6.07, 6.45) is 2.28. The summed E-state index contributed by atoms with van der Waals surface area (Å²) in [4.78, 5) is 15.9. The van der Waals surface area contributed by atoms with Gasteiger partial charge in [0.1, 0.15) is 17.6 Å². The molecular weight excluding hydrogens is 384 g/mol. The first kappa shape index (κ1) is 20.1. The van der Waals surface area contributed by atoms with E-state index in [-0.39, 0.29) is 12.0 Å². The molecule has 0 radical (unpaired) electrons. The molecule has 0 spiro atoms. The summed E-state index contributed by atoms with van der Waals surface area (Å²) in [5.41, 5.74) is 0.702. The Balaban J connectivity index is 1.19. The van der Waals surface area contributed by atoms with Gasteiger partial charge in [0.05, 0.1) is 7.11 Å². The molecule has 1 saturated heterocycles. The van der Waals surface area contributed by atoms with E-state index in [0.29, 0.717) is 11.5 Å². The van der Waals surface area contributed by atoms with Gasteiger partial charge in [-0.3, -0.25) is 4.79 Å². The number of hydrogen-bond donors (Lipinski definition) is 1. The standard InChI is InChI=1S/C23H28N2O3S/c1-27-19-6-4-5-18(13-19)23(26)25-11-9-17(10-12-25)14-24-15-20-16-29-22-8-3-2-7-21(22)28-20/h2-8,13,17,20,24H,9-12,14-16H2,1H3. The van der Waals surface area contributed by atoms with Crippen molar-refractivity contribution in [3.8, 4) is 11.5 Å². The van der Waals surface area contributed by atoms with Crippen molar-refractivity contribution in [2.24, 2.45) is 5.92 Å². The topological polar surface area (TPSA) is 50.8 Å². The summed E-state index contributed by atoms with van der Waals surface area (Å²) in [6.45, 7) is 3.47. The number of hydrogen-bond acceptors (Lipinski definition) is 5. The van der Waals surface area contributed by atoms with Crippen LogP contribution < -0.4 is 14.8 Å². The lowest BCUT2D eigenvalue weighted by molar-refractivity contribution is 0.0688. The number of benzene rings is 2. The number of nitrogens with one attached hydrogen (secondary N) is 1. The molecule has 2 heterocycles. The zero-order valence-corrected chi connectivity index (χ0v) is 17.6. The average Bonchev–Trinajstić information content (AvgIpc) is 2.79. The number of methoxy groups -OCH3 is 1. The molecule has 1 unspecified atom stereocenters. The molecule has 1 amide bonds. The predicted molar refractivity (Wildman–Crippen MR) is 116 cm³/mol. The monoisotopic (exact) mass is 412 g/mol. The Kier molecular flexibility index (Phi) is 6.62. The van der Waals surface area contributed by atoms with E-state index in [9.17, 15) is 4.79 Å². The van der Waals surface area contributed by atoms with Gasteiger partial charge in [-0.15, -0.1) is 11.8 Å². The van der Waals surface area contributed by atoms with Gasteiger partial charge in [0.15, 0.2) is 0 Å². The lowest BCUT2D eigenvalue weighted by atomic mass is 9.96. The van der Waals surface area contributed by atoms with Crippen LogP contribution in [0.25, 0.3) is 0 Å². The van der Waals surface area contributed by atoms with E-state index in [4.69, 9.17) is 9.47 Å². The zero-order valence-electron chi connectivity index (χ0n) is 16.8. The van der Waals surface area contributed by atoms with E-state index in [0.717, 1.165) is 56.3 Å². The Morgan fingerprint density at radius 2 is 2.00 bits per heavy atom. The van der Waals surface area contributed by atoms with Crippen molar-refractivity contribution in [2.75, 3.05) is 39.0 Å². The summed E-state index contributed by atoms with van der Waals surface area (Å²) in [5, 5.41) is 3.59. The molecule has 2 aromatic rings. The average molecular weight is 413 g/mol. The van der Waals surface area contributed by atoms with Crippen LogP contribution in [0.2, 0.25) is 0 Å². The van der Waals surface area contributed by atoms with Gasteiger partial charge >= 0.3 is 0 Å². The molecule has 1 fully saturated rings. The quantitative estimate of drug-likeness (QED) is 0.784. The highest BCUT2D eigenvalue weighted by Gasteiger charge is 2.25. The van der Waals surface area contributed by atoms with Gasteiger partial charge in [-0.25, -0.2) is 0 Å². The highest BCUT2D eigenvalue weighted by molar-refractivity contribution is 7.99. The molecule has 154 valence electrons. The second-order valence-corrected chi connectivity index (χ2v) is 8.69. The van der Waals surface area contributed by atoms with Crippen molar-refractivity contribution >= 4 is 17.7 Å². The number of thioether (sulfide) groups is 1. The van der Waals surface area contributed by atoms with Gasteiger partial charge in [-0.1, -0.05) is 18.2 Å². The molecule has 1 atom stereocenters. The van der Waals surface area contributed by atoms with Gasteiger partial charge < -0.3 is 19.7 Å². The smallest absolute Gasteiger partial charge is 0.253 e. The van der Waals surface area contributed by atoms with Crippen molar-refractivity contribution < 1.29 is 14.3 Å². The van der Waals surface area contributed by atoms with Crippen molar-refractivity contribution in [3.63, 3.8) is 0 Å². The van der Waals surface area contributed by atoms with Gasteiger partial charge in [0, 0.05) is 35.8 Å². The first-order valence-corrected chi connectivity index (χ1v) is 11.2. The van der Waals surface area contributed by atoms with Crippen LogP contribution in [0.5, 0.6) is 11.5 Å². The molecule has 1 N–H and O–H groups in total. The Bertz CT molecular complexity index is 836. The van der Waals surface area contributed by atoms with Crippen LogP contribution >= 0.6 is 11.8 Å². The molecule has 0 bridgehead atoms.